The van der Waals surface area contributed by atoms with Crippen molar-refractivity contribution in [1.29, 1.82) is 0 Å². The highest BCUT2D eigenvalue weighted by molar-refractivity contribution is 5.85. The van der Waals surface area contributed by atoms with Crippen LogP contribution in [0, 0.1) is 5.41 Å². The molecule has 1 aliphatic heterocycles. The van der Waals surface area contributed by atoms with Crippen LogP contribution in [0.25, 0.3) is 0 Å². The molecule has 1 unspecified atom stereocenters. The summed E-state index contributed by atoms with van der Waals surface area (Å²) in [5.74, 6) is 0.134. The van der Waals surface area contributed by atoms with Gasteiger partial charge in [0.25, 0.3) is 0 Å². The molecule has 0 radical (unpaired) electrons. The highest BCUT2D eigenvalue weighted by Gasteiger charge is 2.35. The number of benzene rings is 1. The lowest BCUT2D eigenvalue weighted by atomic mass is 9.89. The number of nitrogens with one attached hydrogen (secondary N) is 2. The molecule has 1 amide bonds. The van der Waals surface area contributed by atoms with Gasteiger partial charge in [-0.25, -0.2) is 0 Å². The van der Waals surface area contributed by atoms with E-state index in [1.807, 2.05) is 6.92 Å². The second-order valence-corrected chi connectivity index (χ2v) is 5.72. The first kappa shape index (κ1) is 19.6. The summed E-state index contributed by atoms with van der Waals surface area (Å²) in [4.78, 5) is 12.1. The van der Waals surface area contributed by atoms with Gasteiger partial charge < -0.3 is 15.4 Å². The third kappa shape index (κ3) is 5.91. The molecular weight excluding hydrogens is 333 g/mol. The molecule has 1 aromatic carbocycles. The van der Waals surface area contributed by atoms with Gasteiger partial charge >= 0.3 is 6.18 Å². The number of carbonyl (C=O) groups excluding carboxylic acids is 1. The first-order chi connectivity index (χ1) is 10.3. The van der Waals surface area contributed by atoms with Gasteiger partial charge in [0.15, 0.2) is 6.61 Å². The van der Waals surface area contributed by atoms with Crippen molar-refractivity contribution in [3.8, 4) is 5.75 Å². The normalized spacial score (nSPS) is 20.7. The van der Waals surface area contributed by atoms with Crippen LogP contribution in [0.2, 0.25) is 0 Å². The number of carbonyl (C=O) groups is 1. The molecule has 1 atom stereocenters. The quantitative estimate of drug-likeness (QED) is 0.856. The lowest BCUT2D eigenvalue weighted by Crippen LogP contribution is -2.39. The monoisotopic (exact) mass is 352 g/mol. The third-order valence-electron chi connectivity index (χ3n) is 3.70. The highest BCUT2D eigenvalue weighted by Crippen LogP contribution is 2.24. The lowest BCUT2D eigenvalue weighted by molar-refractivity contribution is -0.153. The largest absolute Gasteiger partial charge is 0.484 e. The van der Waals surface area contributed by atoms with E-state index in [0.29, 0.717) is 13.1 Å². The molecule has 0 aromatic heterocycles. The van der Waals surface area contributed by atoms with Gasteiger partial charge in [0.05, 0.1) is 5.41 Å². The van der Waals surface area contributed by atoms with Crippen molar-refractivity contribution in [2.45, 2.75) is 26.1 Å². The molecule has 23 heavy (non-hydrogen) atoms. The maximum Gasteiger partial charge on any atom is 0.422 e. The van der Waals surface area contributed by atoms with Crippen molar-refractivity contribution in [2.75, 3.05) is 19.7 Å². The van der Waals surface area contributed by atoms with E-state index in [1.165, 1.54) is 12.1 Å². The van der Waals surface area contributed by atoms with Crippen molar-refractivity contribution in [2.24, 2.45) is 5.41 Å². The summed E-state index contributed by atoms with van der Waals surface area (Å²) in [5, 5.41) is 6.01. The summed E-state index contributed by atoms with van der Waals surface area (Å²) in [6, 6.07) is 6.21. The number of halogens is 4. The first-order valence-electron chi connectivity index (χ1n) is 7.06. The van der Waals surface area contributed by atoms with Crippen molar-refractivity contribution < 1.29 is 22.7 Å². The first-order valence-corrected chi connectivity index (χ1v) is 7.06. The molecule has 1 aliphatic rings. The smallest absolute Gasteiger partial charge is 0.422 e. The lowest BCUT2D eigenvalue weighted by Gasteiger charge is -2.21. The van der Waals surface area contributed by atoms with Crippen molar-refractivity contribution in [3.05, 3.63) is 29.8 Å². The van der Waals surface area contributed by atoms with Gasteiger partial charge in [-0.05, 0) is 37.6 Å². The van der Waals surface area contributed by atoms with Gasteiger partial charge in [-0.3, -0.25) is 4.79 Å². The molecule has 2 rings (SSSR count). The van der Waals surface area contributed by atoms with Crippen LogP contribution in [0.15, 0.2) is 24.3 Å². The van der Waals surface area contributed by atoms with Crippen LogP contribution in [0.3, 0.4) is 0 Å². The molecule has 0 spiro atoms. The van der Waals surface area contributed by atoms with Gasteiger partial charge in [-0.2, -0.15) is 13.2 Å². The second kappa shape index (κ2) is 7.88. The van der Waals surface area contributed by atoms with Crippen LogP contribution in [0.1, 0.15) is 18.9 Å². The summed E-state index contributed by atoms with van der Waals surface area (Å²) in [5.41, 5.74) is 0.415. The van der Waals surface area contributed by atoms with E-state index in [-0.39, 0.29) is 24.1 Å². The highest BCUT2D eigenvalue weighted by atomic mass is 35.5. The van der Waals surface area contributed by atoms with Crippen LogP contribution in [0.4, 0.5) is 13.2 Å². The number of hydrogen-bond donors (Lipinski definition) is 2. The maximum absolute atomic E-state index is 12.1. The fourth-order valence-electron chi connectivity index (χ4n) is 2.28. The molecule has 4 nitrogen and oxygen atoms in total. The minimum absolute atomic E-state index is 0. The molecule has 0 saturated carbocycles. The number of rotatable bonds is 5. The Kier molecular flexibility index (Phi) is 6.70. The van der Waals surface area contributed by atoms with E-state index in [2.05, 4.69) is 15.4 Å². The topological polar surface area (TPSA) is 50.4 Å². The fraction of sp³-hybridized carbons (Fsp3) is 0.533. The molecule has 0 aliphatic carbocycles. The van der Waals surface area contributed by atoms with E-state index < -0.39 is 18.2 Å². The average molecular weight is 353 g/mol. The number of amides is 1. The third-order valence-corrected chi connectivity index (χ3v) is 3.70. The van der Waals surface area contributed by atoms with Crippen LogP contribution in [0.5, 0.6) is 5.75 Å². The van der Waals surface area contributed by atoms with Gasteiger partial charge in [-0.15, -0.1) is 12.4 Å². The molecule has 1 heterocycles. The van der Waals surface area contributed by atoms with Crippen molar-refractivity contribution >= 4 is 18.3 Å². The minimum atomic E-state index is -4.35. The predicted molar refractivity (Wildman–Crippen MR) is 82.7 cm³/mol. The number of alkyl halides is 3. The van der Waals surface area contributed by atoms with E-state index in [9.17, 15) is 18.0 Å². The zero-order valence-corrected chi connectivity index (χ0v) is 13.5. The Hall–Kier alpha value is -1.47. The summed E-state index contributed by atoms with van der Waals surface area (Å²) in [6.07, 6.45) is -3.56. The molecule has 1 saturated heterocycles. The van der Waals surface area contributed by atoms with Gasteiger partial charge in [0.2, 0.25) is 5.91 Å². The second-order valence-electron chi connectivity index (χ2n) is 5.72. The summed E-state index contributed by atoms with van der Waals surface area (Å²) in [7, 11) is 0. The minimum Gasteiger partial charge on any atom is -0.484 e. The van der Waals surface area contributed by atoms with Crippen LogP contribution < -0.4 is 15.4 Å². The summed E-state index contributed by atoms with van der Waals surface area (Å²) < 4.78 is 40.7. The summed E-state index contributed by atoms with van der Waals surface area (Å²) in [6.45, 7) is 2.43. The van der Waals surface area contributed by atoms with Crippen LogP contribution in [-0.2, 0) is 11.3 Å². The van der Waals surface area contributed by atoms with E-state index in [4.69, 9.17) is 0 Å². The fourth-order valence-corrected chi connectivity index (χ4v) is 2.28. The Balaban J connectivity index is 0.00000264. The van der Waals surface area contributed by atoms with E-state index >= 15 is 0 Å². The SMILES string of the molecule is CC1(C(=O)NCc2ccc(OCC(F)(F)F)cc2)CCNC1.Cl. The Morgan fingerprint density at radius 3 is 2.52 bits per heavy atom. The molecule has 130 valence electrons. The standard InChI is InChI=1S/C15H19F3N2O2.ClH/c1-14(6-7-19-9-14)13(21)20-8-11-2-4-12(5-3-11)22-10-15(16,17)18;/h2-5,19H,6-10H2,1H3,(H,20,21);1H. The Bertz CT molecular complexity index is 514. The van der Waals surface area contributed by atoms with Crippen LogP contribution in [-0.4, -0.2) is 31.8 Å². The molecule has 2 N–H and O–H groups in total. The molecule has 8 heteroatoms. The molecule has 0 bridgehead atoms. The Morgan fingerprint density at radius 1 is 1.35 bits per heavy atom. The zero-order valence-electron chi connectivity index (χ0n) is 12.7. The summed E-state index contributed by atoms with van der Waals surface area (Å²) >= 11 is 0. The molecule has 1 fully saturated rings. The number of hydrogen-bond acceptors (Lipinski definition) is 3. The van der Waals surface area contributed by atoms with Gasteiger partial charge in [0, 0.05) is 13.1 Å². The van der Waals surface area contributed by atoms with Gasteiger partial charge in [-0.1, -0.05) is 12.1 Å². The average Bonchev–Trinajstić information content (AvgIpc) is 2.91. The van der Waals surface area contributed by atoms with Gasteiger partial charge in [0.1, 0.15) is 5.75 Å². The van der Waals surface area contributed by atoms with E-state index in [0.717, 1.165) is 18.5 Å². The maximum atomic E-state index is 12.1. The predicted octanol–water partition coefficient (Wildman–Crippen LogP) is 2.67. The van der Waals surface area contributed by atoms with Crippen LogP contribution >= 0.6 is 12.4 Å². The number of ether oxygens (including phenoxy) is 1. The zero-order chi connectivity index (χ0) is 16.2. The molecular formula is C15H20ClF3N2O2. The van der Waals surface area contributed by atoms with E-state index in [1.54, 1.807) is 12.1 Å². The van der Waals surface area contributed by atoms with Crippen molar-refractivity contribution in [1.82, 2.24) is 10.6 Å². The Morgan fingerprint density at radius 2 is 2.00 bits per heavy atom. The van der Waals surface area contributed by atoms with Crippen molar-refractivity contribution in [3.63, 3.8) is 0 Å². The molecule has 1 aromatic rings. The Labute approximate surface area is 139 Å².